The summed E-state index contributed by atoms with van der Waals surface area (Å²) in [6, 6.07) is 9.89. The molecule has 0 aliphatic heterocycles. The lowest BCUT2D eigenvalue weighted by Crippen LogP contribution is -2.23. The van der Waals surface area contributed by atoms with Crippen LogP contribution in [-0.4, -0.2) is 16.7 Å². The van der Waals surface area contributed by atoms with E-state index in [4.69, 9.17) is 4.52 Å². The Bertz CT molecular complexity index is 967. The molecule has 3 aromatic rings. The molecule has 0 spiro atoms. The largest absolute Gasteiger partial charge is 0.356 e. The van der Waals surface area contributed by atoms with Crippen LogP contribution in [0.5, 0.6) is 0 Å². The lowest BCUT2D eigenvalue weighted by atomic mass is 9.83. The van der Waals surface area contributed by atoms with Gasteiger partial charge in [-0.3, -0.25) is 9.59 Å². The molecule has 23 heavy (non-hydrogen) atoms. The van der Waals surface area contributed by atoms with Crippen LogP contribution in [0, 0.1) is 0 Å². The van der Waals surface area contributed by atoms with Crippen molar-refractivity contribution in [3.8, 4) is 0 Å². The molecule has 1 heterocycles. The maximum atomic E-state index is 12.3. The first-order chi connectivity index (χ1) is 11.2. The molecular formula is C19H15NO3. The molecule has 0 bridgehead atoms. The van der Waals surface area contributed by atoms with Gasteiger partial charge in [0.25, 0.3) is 0 Å². The Morgan fingerprint density at radius 3 is 2.87 bits per heavy atom. The van der Waals surface area contributed by atoms with Crippen molar-refractivity contribution < 1.29 is 14.1 Å². The van der Waals surface area contributed by atoms with Gasteiger partial charge in [0.15, 0.2) is 5.58 Å². The Labute approximate surface area is 132 Å². The molecule has 2 aromatic carbocycles. The van der Waals surface area contributed by atoms with E-state index in [1.54, 1.807) is 6.08 Å². The van der Waals surface area contributed by atoms with Crippen LogP contribution in [-0.2, 0) is 9.59 Å². The molecule has 1 aliphatic rings. The van der Waals surface area contributed by atoms with Crippen LogP contribution in [0.25, 0.3) is 27.8 Å². The van der Waals surface area contributed by atoms with Gasteiger partial charge in [-0.2, -0.15) is 0 Å². The van der Waals surface area contributed by atoms with Crippen LogP contribution in [0.2, 0.25) is 0 Å². The maximum Gasteiger partial charge on any atom is 0.167 e. The van der Waals surface area contributed by atoms with Crippen molar-refractivity contribution in [2.75, 3.05) is 0 Å². The molecule has 1 aromatic heterocycles. The first-order valence-corrected chi connectivity index (χ1v) is 7.66. The minimum atomic E-state index is -0.348. The van der Waals surface area contributed by atoms with Crippen molar-refractivity contribution in [1.82, 2.24) is 5.16 Å². The summed E-state index contributed by atoms with van der Waals surface area (Å²) in [6.07, 6.45) is 2.75. The van der Waals surface area contributed by atoms with E-state index >= 15 is 0 Å². The minimum absolute atomic E-state index is 0.00436. The third-order valence-electron chi connectivity index (χ3n) is 4.54. The highest BCUT2D eigenvalue weighted by Crippen LogP contribution is 2.36. The number of nitrogens with zero attached hydrogens (tertiary/aromatic N) is 1. The van der Waals surface area contributed by atoms with Gasteiger partial charge < -0.3 is 4.52 Å². The summed E-state index contributed by atoms with van der Waals surface area (Å²) < 4.78 is 5.43. The number of fused-ring (bicyclic) bond motifs is 3. The molecule has 114 valence electrons. The van der Waals surface area contributed by atoms with Gasteiger partial charge in [0.05, 0.1) is 17.7 Å². The Morgan fingerprint density at radius 2 is 2.09 bits per heavy atom. The summed E-state index contributed by atoms with van der Waals surface area (Å²) in [4.78, 5) is 23.7. The first-order valence-electron chi connectivity index (χ1n) is 7.66. The summed E-state index contributed by atoms with van der Waals surface area (Å²) in [5.74, 6) is -0.394. The predicted molar refractivity (Wildman–Crippen MR) is 88.2 cm³/mol. The smallest absolute Gasteiger partial charge is 0.167 e. The summed E-state index contributed by atoms with van der Waals surface area (Å²) in [5, 5.41) is 7.10. The van der Waals surface area contributed by atoms with Crippen LogP contribution in [0.3, 0.4) is 0 Å². The molecule has 1 aliphatic carbocycles. The Hall–Kier alpha value is -2.75. The van der Waals surface area contributed by atoms with Gasteiger partial charge in [0.1, 0.15) is 17.3 Å². The number of carbonyl (C=O) groups is 2. The zero-order valence-electron chi connectivity index (χ0n) is 12.5. The van der Waals surface area contributed by atoms with E-state index in [2.05, 4.69) is 11.7 Å². The van der Waals surface area contributed by atoms with Crippen molar-refractivity contribution in [3.63, 3.8) is 0 Å². The highest BCUT2D eigenvalue weighted by molar-refractivity contribution is 6.11. The average Bonchev–Trinajstić information content (AvgIpc) is 2.98. The predicted octanol–water partition coefficient (Wildman–Crippen LogP) is 4.03. The van der Waals surface area contributed by atoms with Crippen LogP contribution in [0.4, 0.5) is 0 Å². The van der Waals surface area contributed by atoms with Gasteiger partial charge in [-0.05, 0) is 34.9 Å². The zero-order valence-corrected chi connectivity index (χ0v) is 12.5. The van der Waals surface area contributed by atoms with Crippen LogP contribution in [0.1, 0.15) is 36.4 Å². The van der Waals surface area contributed by atoms with Crippen molar-refractivity contribution in [1.29, 1.82) is 0 Å². The Balaban J connectivity index is 1.94. The standard InChI is InChI=1S/C19H15NO3/c1-2-11-3-6-14-12(9-11)4-8-17-18(14)19(20-23-17)15-7-5-13(21)10-16(15)22/h2-4,6,8-9,15H,1,5,7,10H2/t15-/m1/s1. The first kappa shape index (κ1) is 13.9. The number of carbonyl (C=O) groups excluding carboxylic acids is 2. The fourth-order valence-electron chi connectivity index (χ4n) is 3.34. The average molecular weight is 305 g/mol. The summed E-state index contributed by atoms with van der Waals surface area (Å²) in [5.41, 5.74) is 2.37. The van der Waals surface area contributed by atoms with Crippen molar-refractivity contribution in [2.24, 2.45) is 0 Å². The van der Waals surface area contributed by atoms with E-state index in [1.165, 1.54) is 0 Å². The molecule has 4 heteroatoms. The van der Waals surface area contributed by atoms with E-state index in [-0.39, 0.29) is 23.9 Å². The van der Waals surface area contributed by atoms with Crippen LogP contribution in [0.15, 0.2) is 41.4 Å². The molecule has 1 saturated carbocycles. The number of benzene rings is 2. The summed E-state index contributed by atoms with van der Waals surface area (Å²) in [7, 11) is 0. The number of rotatable bonds is 2. The number of ketones is 2. The molecule has 1 fully saturated rings. The van der Waals surface area contributed by atoms with E-state index in [0.29, 0.717) is 24.1 Å². The molecule has 4 rings (SSSR count). The van der Waals surface area contributed by atoms with E-state index in [0.717, 1.165) is 21.7 Å². The fraction of sp³-hybridized carbons (Fsp3) is 0.211. The lowest BCUT2D eigenvalue weighted by Gasteiger charge is -2.17. The van der Waals surface area contributed by atoms with Crippen LogP contribution < -0.4 is 0 Å². The number of hydrogen-bond donors (Lipinski definition) is 0. The molecule has 0 amide bonds. The van der Waals surface area contributed by atoms with Crippen molar-refractivity contribution in [3.05, 3.63) is 48.2 Å². The molecule has 0 radical (unpaired) electrons. The second-order valence-corrected chi connectivity index (χ2v) is 5.96. The number of aromatic nitrogens is 1. The van der Waals surface area contributed by atoms with Gasteiger partial charge >= 0.3 is 0 Å². The van der Waals surface area contributed by atoms with Gasteiger partial charge in [0, 0.05) is 6.42 Å². The zero-order chi connectivity index (χ0) is 16.0. The fourth-order valence-corrected chi connectivity index (χ4v) is 3.34. The maximum absolute atomic E-state index is 12.3. The topological polar surface area (TPSA) is 60.2 Å². The van der Waals surface area contributed by atoms with E-state index in [1.807, 2.05) is 30.3 Å². The molecule has 0 N–H and O–H groups in total. The lowest BCUT2D eigenvalue weighted by molar-refractivity contribution is -0.130. The highest BCUT2D eigenvalue weighted by atomic mass is 16.5. The molecule has 0 saturated heterocycles. The summed E-state index contributed by atoms with van der Waals surface area (Å²) in [6.45, 7) is 3.79. The normalized spacial score (nSPS) is 18.7. The van der Waals surface area contributed by atoms with Gasteiger partial charge in [-0.25, -0.2) is 0 Å². The highest BCUT2D eigenvalue weighted by Gasteiger charge is 2.32. The third-order valence-corrected chi connectivity index (χ3v) is 4.54. The SMILES string of the molecule is C=Cc1ccc2c(ccc3onc([C@@H]4CCC(=O)CC4=O)c32)c1. The van der Waals surface area contributed by atoms with Crippen molar-refractivity contribution in [2.45, 2.75) is 25.2 Å². The molecule has 4 nitrogen and oxygen atoms in total. The molecule has 0 unspecified atom stereocenters. The molecule has 1 atom stereocenters. The monoisotopic (exact) mass is 305 g/mol. The second-order valence-electron chi connectivity index (χ2n) is 5.96. The number of Topliss-reactive ketones (excluding diaryl/α,β-unsaturated/α-hetero) is 2. The quantitative estimate of drug-likeness (QED) is 0.671. The minimum Gasteiger partial charge on any atom is -0.356 e. The van der Waals surface area contributed by atoms with Gasteiger partial charge in [0.2, 0.25) is 0 Å². The van der Waals surface area contributed by atoms with E-state index in [9.17, 15) is 9.59 Å². The third kappa shape index (κ3) is 2.18. The Morgan fingerprint density at radius 1 is 1.22 bits per heavy atom. The van der Waals surface area contributed by atoms with Gasteiger partial charge in [-0.15, -0.1) is 0 Å². The van der Waals surface area contributed by atoms with Gasteiger partial charge in [-0.1, -0.05) is 36.0 Å². The Kier molecular flexibility index (Phi) is 3.11. The summed E-state index contributed by atoms with van der Waals surface area (Å²) >= 11 is 0. The van der Waals surface area contributed by atoms with Crippen LogP contribution >= 0.6 is 0 Å². The number of hydrogen-bond acceptors (Lipinski definition) is 4. The molecular weight excluding hydrogens is 290 g/mol. The van der Waals surface area contributed by atoms with Crippen molar-refractivity contribution >= 4 is 39.4 Å². The second kappa shape index (κ2) is 5.16. The van der Waals surface area contributed by atoms with E-state index < -0.39 is 0 Å².